The van der Waals surface area contributed by atoms with Gasteiger partial charge in [-0.05, 0) is 31.0 Å². The molecule has 5 nitrogen and oxygen atoms in total. The van der Waals surface area contributed by atoms with Crippen molar-refractivity contribution in [3.05, 3.63) is 28.8 Å². The zero-order valence-electron chi connectivity index (χ0n) is 11.2. The van der Waals surface area contributed by atoms with Crippen LogP contribution in [0.1, 0.15) is 25.3 Å². The van der Waals surface area contributed by atoms with Gasteiger partial charge in [-0.1, -0.05) is 17.7 Å². The molecule has 1 aromatic carbocycles. The first-order valence-corrected chi connectivity index (χ1v) is 6.96. The van der Waals surface area contributed by atoms with Crippen molar-refractivity contribution < 1.29 is 14.3 Å². The number of halogens is 1. The van der Waals surface area contributed by atoms with Gasteiger partial charge in [-0.15, -0.1) is 0 Å². The highest BCUT2D eigenvalue weighted by Crippen LogP contribution is 2.25. The van der Waals surface area contributed by atoms with Crippen LogP contribution in [0.2, 0.25) is 5.02 Å². The molecule has 1 atom stereocenters. The summed E-state index contributed by atoms with van der Waals surface area (Å²) in [6.07, 6.45) is 0.960. The Bertz CT molecular complexity index is 519. The van der Waals surface area contributed by atoms with E-state index in [1.54, 1.807) is 12.1 Å². The summed E-state index contributed by atoms with van der Waals surface area (Å²) in [4.78, 5) is 22.9. The van der Waals surface area contributed by atoms with Gasteiger partial charge in [0.25, 0.3) is 0 Å². The van der Waals surface area contributed by atoms with Gasteiger partial charge in [-0.25, -0.2) is 0 Å². The van der Waals surface area contributed by atoms with Crippen LogP contribution in [0.25, 0.3) is 0 Å². The first-order valence-electron chi connectivity index (χ1n) is 6.58. The molecule has 0 spiro atoms. The molecule has 0 aromatic heterocycles. The first-order chi connectivity index (χ1) is 9.60. The topological polar surface area (TPSA) is 67.4 Å². The number of hydrogen-bond acceptors (Lipinski definition) is 3. The van der Waals surface area contributed by atoms with Crippen molar-refractivity contribution in [2.75, 3.05) is 6.61 Å². The highest BCUT2D eigenvalue weighted by Gasteiger charge is 2.26. The maximum absolute atomic E-state index is 11.8. The number of carbonyl (C=O) groups excluding carboxylic acids is 2. The minimum absolute atomic E-state index is 0.0748. The third kappa shape index (κ3) is 3.63. The van der Waals surface area contributed by atoms with Crippen molar-refractivity contribution in [3.63, 3.8) is 0 Å². The van der Waals surface area contributed by atoms with E-state index in [0.29, 0.717) is 36.8 Å². The molecule has 1 saturated heterocycles. The van der Waals surface area contributed by atoms with Crippen LogP contribution in [0, 0.1) is 0 Å². The quantitative estimate of drug-likeness (QED) is 0.868. The van der Waals surface area contributed by atoms with Gasteiger partial charge in [-0.2, -0.15) is 0 Å². The Morgan fingerprint density at radius 3 is 2.95 bits per heavy atom. The summed E-state index contributed by atoms with van der Waals surface area (Å²) >= 11 is 6.07. The van der Waals surface area contributed by atoms with Crippen LogP contribution in [0.3, 0.4) is 0 Å². The number of rotatable bonds is 5. The van der Waals surface area contributed by atoms with Gasteiger partial charge in [-0.3, -0.25) is 9.59 Å². The van der Waals surface area contributed by atoms with E-state index in [4.69, 9.17) is 16.3 Å². The van der Waals surface area contributed by atoms with Gasteiger partial charge in [0.2, 0.25) is 11.8 Å². The summed E-state index contributed by atoms with van der Waals surface area (Å²) in [5.41, 5.74) is 0.885. The summed E-state index contributed by atoms with van der Waals surface area (Å²) in [5, 5.41) is 5.94. The van der Waals surface area contributed by atoms with Crippen LogP contribution < -0.4 is 15.4 Å². The van der Waals surface area contributed by atoms with Crippen LogP contribution in [-0.2, 0) is 16.1 Å². The Morgan fingerprint density at radius 2 is 2.35 bits per heavy atom. The summed E-state index contributed by atoms with van der Waals surface area (Å²) in [5.74, 6) is 0.391. The van der Waals surface area contributed by atoms with Gasteiger partial charge in [0.1, 0.15) is 11.8 Å². The van der Waals surface area contributed by atoms with E-state index in [-0.39, 0.29) is 11.8 Å². The smallest absolute Gasteiger partial charge is 0.242 e. The summed E-state index contributed by atoms with van der Waals surface area (Å²) in [6, 6.07) is 4.98. The van der Waals surface area contributed by atoms with Gasteiger partial charge >= 0.3 is 0 Å². The van der Waals surface area contributed by atoms with Crippen LogP contribution in [0.15, 0.2) is 18.2 Å². The molecule has 1 aliphatic rings. The maximum Gasteiger partial charge on any atom is 0.242 e. The van der Waals surface area contributed by atoms with Crippen LogP contribution >= 0.6 is 11.6 Å². The van der Waals surface area contributed by atoms with Gasteiger partial charge in [0.05, 0.1) is 11.6 Å². The van der Waals surface area contributed by atoms with Crippen molar-refractivity contribution in [3.8, 4) is 5.75 Å². The average molecular weight is 297 g/mol. The number of amides is 2. The van der Waals surface area contributed by atoms with E-state index in [9.17, 15) is 9.59 Å². The van der Waals surface area contributed by atoms with Crippen molar-refractivity contribution in [1.82, 2.24) is 10.6 Å². The number of ether oxygens (including phenoxy) is 1. The molecule has 20 heavy (non-hydrogen) atoms. The Labute approximate surface area is 122 Å². The van der Waals surface area contributed by atoms with Gasteiger partial charge < -0.3 is 15.4 Å². The summed E-state index contributed by atoms with van der Waals surface area (Å²) in [6.45, 7) is 2.81. The molecule has 2 rings (SSSR count). The highest BCUT2D eigenvalue weighted by molar-refractivity contribution is 6.32. The van der Waals surface area contributed by atoms with Crippen LogP contribution in [0.5, 0.6) is 5.75 Å². The fourth-order valence-corrected chi connectivity index (χ4v) is 2.31. The Morgan fingerprint density at radius 1 is 1.55 bits per heavy atom. The molecule has 2 amide bonds. The molecule has 1 unspecified atom stereocenters. The van der Waals surface area contributed by atoms with Crippen molar-refractivity contribution in [2.24, 2.45) is 0 Å². The predicted octanol–water partition coefficient (Wildman–Crippen LogP) is 1.63. The molecule has 1 heterocycles. The molecule has 0 radical (unpaired) electrons. The fraction of sp³-hybridized carbons (Fsp3) is 0.429. The minimum atomic E-state index is -0.416. The third-order valence-electron chi connectivity index (χ3n) is 3.07. The van der Waals surface area contributed by atoms with Gasteiger partial charge in [0, 0.05) is 13.0 Å². The number of carbonyl (C=O) groups is 2. The normalized spacial score (nSPS) is 17.7. The zero-order valence-corrected chi connectivity index (χ0v) is 12.0. The largest absolute Gasteiger partial charge is 0.492 e. The minimum Gasteiger partial charge on any atom is -0.492 e. The van der Waals surface area contributed by atoms with E-state index in [1.165, 1.54) is 0 Å². The zero-order chi connectivity index (χ0) is 14.5. The lowest BCUT2D eigenvalue weighted by molar-refractivity contribution is -0.125. The maximum atomic E-state index is 11.8. The number of hydrogen-bond donors (Lipinski definition) is 2. The lowest BCUT2D eigenvalue weighted by Gasteiger charge is -2.12. The summed E-state index contributed by atoms with van der Waals surface area (Å²) in [7, 11) is 0. The second-order valence-corrected chi connectivity index (χ2v) is 4.98. The number of benzene rings is 1. The second-order valence-electron chi connectivity index (χ2n) is 4.57. The molecule has 1 aromatic rings. The molecule has 6 heteroatoms. The molecule has 108 valence electrons. The Kier molecular flexibility index (Phi) is 4.84. The van der Waals surface area contributed by atoms with Crippen molar-refractivity contribution in [1.29, 1.82) is 0 Å². The highest BCUT2D eigenvalue weighted by atomic mass is 35.5. The number of nitrogens with one attached hydrogen (secondary N) is 2. The van der Waals surface area contributed by atoms with Crippen LogP contribution in [-0.4, -0.2) is 24.5 Å². The monoisotopic (exact) mass is 296 g/mol. The van der Waals surface area contributed by atoms with E-state index < -0.39 is 6.04 Å². The van der Waals surface area contributed by atoms with E-state index >= 15 is 0 Å². The molecule has 0 bridgehead atoms. The molecule has 2 N–H and O–H groups in total. The summed E-state index contributed by atoms with van der Waals surface area (Å²) < 4.78 is 5.34. The van der Waals surface area contributed by atoms with E-state index in [1.807, 2.05) is 13.0 Å². The molecular formula is C14H17ClN2O3. The molecule has 1 fully saturated rings. The standard InChI is InChI=1S/C14H17ClN2O3/c1-2-20-12-5-3-9(7-10(12)15)8-16-14(19)11-4-6-13(18)17-11/h3,5,7,11H,2,4,6,8H2,1H3,(H,16,19)(H,17,18). The lowest BCUT2D eigenvalue weighted by Crippen LogP contribution is -2.41. The Hall–Kier alpha value is -1.75. The second kappa shape index (κ2) is 6.61. The molecule has 0 saturated carbocycles. The predicted molar refractivity (Wildman–Crippen MR) is 75.6 cm³/mol. The SMILES string of the molecule is CCOc1ccc(CNC(=O)C2CCC(=O)N2)cc1Cl. The van der Waals surface area contributed by atoms with Crippen molar-refractivity contribution in [2.45, 2.75) is 32.4 Å². The van der Waals surface area contributed by atoms with E-state index in [2.05, 4.69) is 10.6 Å². The first kappa shape index (κ1) is 14.7. The lowest BCUT2D eigenvalue weighted by atomic mass is 10.2. The molecular weight excluding hydrogens is 280 g/mol. The van der Waals surface area contributed by atoms with Crippen LogP contribution in [0.4, 0.5) is 0 Å². The van der Waals surface area contributed by atoms with Crippen molar-refractivity contribution >= 4 is 23.4 Å². The van der Waals surface area contributed by atoms with Gasteiger partial charge in [0.15, 0.2) is 0 Å². The Balaban J connectivity index is 1.89. The van der Waals surface area contributed by atoms with E-state index in [0.717, 1.165) is 5.56 Å². The molecule has 0 aliphatic carbocycles. The fourth-order valence-electron chi connectivity index (χ4n) is 2.05. The molecule has 1 aliphatic heterocycles. The third-order valence-corrected chi connectivity index (χ3v) is 3.37. The average Bonchev–Trinajstić information content (AvgIpc) is 2.86.